The van der Waals surface area contributed by atoms with Gasteiger partial charge in [-0.05, 0) is 73.3 Å². The largest absolute Gasteiger partial charge is 0.477 e. The molecule has 1 aliphatic rings. The summed E-state index contributed by atoms with van der Waals surface area (Å²) in [4.78, 5) is 12.6. The first-order chi connectivity index (χ1) is 14.1. The molecule has 0 unspecified atom stereocenters. The van der Waals surface area contributed by atoms with Gasteiger partial charge in [0.2, 0.25) is 0 Å². The molecule has 3 rings (SSSR count). The number of carbonyl (C=O) groups is 1. The average molecular weight is 413 g/mol. The van der Waals surface area contributed by atoms with Gasteiger partial charge in [-0.3, -0.25) is 0 Å². The van der Waals surface area contributed by atoms with Crippen molar-refractivity contribution in [2.75, 3.05) is 0 Å². The molecule has 1 aliphatic carbocycles. The summed E-state index contributed by atoms with van der Waals surface area (Å²) in [6.45, 7) is 2.18. The number of aromatic carboxylic acids is 1. The van der Waals surface area contributed by atoms with Crippen LogP contribution in [0.5, 0.6) is 0 Å². The molecule has 0 aliphatic heterocycles. The van der Waals surface area contributed by atoms with E-state index in [-0.39, 0.29) is 6.10 Å². The molecule has 0 radical (unpaired) electrons. The second-order valence-corrected chi connectivity index (χ2v) is 9.20. The Labute approximate surface area is 178 Å². The van der Waals surface area contributed by atoms with Gasteiger partial charge >= 0.3 is 5.97 Å². The maximum Gasteiger partial charge on any atom is 0.345 e. The van der Waals surface area contributed by atoms with Crippen molar-refractivity contribution >= 4 is 22.9 Å². The Morgan fingerprint density at radius 3 is 2.62 bits per heavy atom. The minimum Gasteiger partial charge on any atom is -0.477 e. The second-order valence-electron chi connectivity index (χ2n) is 8.03. The fraction of sp³-hybridized carbons (Fsp3) is 0.480. The fourth-order valence-corrected chi connectivity index (χ4v) is 5.11. The van der Waals surface area contributed by atoms with Gasteiger partial charge in [0, 0.05) is 4.88 Å². The molecule has 0 saturated heterocycles. The lowest BCUT2D eigenvalue weighted by Gasteiger charge is -2.16. The highest BCUT2D eigenvalue weighted by molar-refractivity contribution is 7.13. The molecule has 3 nitrogen and oxygen atoms in total. The molecular formula is C25H32O3S. The van der Waals surface area contributed by atoms with Crippen LogP contribution in [-0.2, 0) is 6.42 Å². The van der Waals surface area contributed by atoms with Crippen molar-refractivity contribution in [1.82, 2.24) is 0 Å². The van der Waals surface area contributed by atoms with Crippen LogP contribution in [0, 0.1) is 5.92 Å². The van der Waals surface area contributed by atoms with Gasteiger partial charge < -0.3 is 10.2 Å². The van der Waals surface area contributed by atoms with E-state index in [1.54, 1.807) is 6.07 Å². The first-order valence-corrected chi connectivity index (χ1v) is 11.7. The topological polar surface area (TPSA) is 57.5 Å². The summed E-state index contributed by atoms with van der Waals surface area (Å²) in [5.41, 5.74) is 3.74. The molecule has 156 valence electrons. The van der Waals surface area contributed by atoms with Gasteiger partial charge in [-0.2, -0.15) is 0 Å². The van der Waals surface area contributed by atoms with Crippen LogP contribution in [0.1, 0.15) is 90.1 Å². The van der Waals surface area contributed by atoms with Crippen molar-refractivity contribution in [3.63, 3.8) is 0 Å². The number of carboxylic acid groups (broad SMARTS) is 1. The van der Waals surface area contributed by atoms with Crippen molar-refractivity contribution in [3.8, 4) is 0 Å². The lowest BCUT2D eigenvalue weighted by molar-refractivity contribution is 0.0702. The van der Waals surface area contributed by atoms with Gasteiger partial charge in [0.1, 0.15) is 4.88 Å². The zero-order chi connectivity index (χ0) is 20.6. The monoisotopic (exact) mass is 412 g/mol. The Kier molecular flexibility index (Phi) is 8.08. The number of carboxylic acids is 1. The SMILES string of the molecule is CCCCC[C@@H](O)c1ccc(C2=CCC[C@@H]2CCCc2ccc(C(=O)O)s2)cc1. The lowest BCUT2D eigenvalue weighted by Crippen LogP contribution is -2.01. The smallest absolute Gasteiger partial charge is 0.345 e. The van der Waals surface area contributed by atoms with Crippen molar-refractivity contribution < 1.29 is 15.0 Å². The number of hydrogen-bond acceptors (Lipinski definition) is 3. The summed E-state index contributed by atoms with van der Waals surface area (Å²) >= 11 is 1.39. The molecule has 2 aromatic rings. The maximum atomic E-state index is 11.0. The number of hydrogen-bond donors (Lipinski definition) is 2. The fourth-order valence-electron chi connectivity index (χ4n) is 4.22. The minimum atomic E-state index is -0.832. The van der Waals surface area contributed by atoms with Gasteiger partial charge in [-0.1, -0.05) is 56.5 Å². The molecule has 29 heavy (non-hydrogen) atoms. The van der Waals surface area contributed by atoms with Crippen LogP contribution in [0.3, 0.4) is 0 Å². The third kappa shape index (κ3) is 6.03. The van der Waals surface area contributed by atoms with E-state index in [1.165, 1.54) is 41.7 Å². The highest BCUT2D eigenvalue weighted by Gasteiger charge is 2.21. The summed E-state index contributed by atoms with van der Waals surface area (Å²) in [5.74, 6) is -0.254. The third-order valence-electron chi connectivity index (χ3n) is 5.88. The minimum absolute atomic E-state index is 0.356. The molecule has 2 atom stereocenters. The Bertz CT molecular complexity index is 819. The molecule has 0 saturated carbocycles. The molecule has 1 heterocycles. The molecule has 0 fully saturated rings. The molecule has 0 bridgehead atoms. The summed E-state index contributed by atoms with van der Waals surface area (Å²) < 4.78 is 0. The quantitative estimate of drug-likeness (QED) is 0.396. The molecule has 0 amide bonds. The van der Waals surface area contributed by atoms with E-state index in [0.717, 1.165) is 49.0 Å². The number of aryl methyl sites for hydroxylation is 1. The van der Waals surface area contributed by atoms with Crippen LogP contribution in [0.25, 0.3) is 5.57 Å². The van der Waals surface area contributed by atoms with Crippen molar-refractivity contribution in [3.05, 3.63) is 63.4 Å². The molecule has 1 aromatic heterocycles. The van der Waals surface area contributed by atoms with Crippen LogP contribution in [0.2, 0.25) is 0 Å². The zero-order valence-corrected chi connectivity index (χ0v) is 18.1. The van der Waals surface area contributed by atoms with E-state index in [4.69, 9.17) is 5.11 Å². The highest BCUT2D eigenvalue weighted by atomic mass is 32.1. The molecule has 0 spiro atoms. The number of benzene rings is 1. The normalized spacial score (nSPS) is 17.3. The predicted molar refractivity (Wildman–Crippen MR) is 120 cm³/mol. The van der Waals surface area contributed by atoms with Crippen molar-refractivity contribution in [1.29, 1.82) is 0 Å². The number of aliphatic hydroxyl groups is 1. The Balaban J connectivity index is 1.52. The van der Waals surface area contributed by atoms with E-state index in [1.807, 2.05) is 6.07 Å². The van der Waals surface area contributed by atoms with Crippen LogP contribution < -0.4 is 0 Å². The number of thiophene rings is 1. The van der Waals surface area contributed by atoms with E-state index in [9.17, 15) is 9.90 Å². The van der Waals surface area contributed by atoms with E-state index in [0.29, 0.717) is 10.8 Å². The molecule has 2 N–H and O–H groups in total. The van der Waals surface area contributed by atoms with Gasteiger partial charge in [-0.15, -0.1) is 11.3 Å². The van der Waals surface area contributed by atoms with Crippen LogP contribution in [0.15, 0.2) is 42.5 Å². The second kappa shape index (κ2) is 10.7. The van der Waals surface area contributed by atoms with E-state index < -0.39 is 5.97 Å². The van der Waals surface area contributed by atoms with Gasteiger partial charge in [-0.25, -0.2) is 4.79 Å². The number of rotatable bonds is 11. The highest BCUT2D eigenvalue weighted by Crippen LogP contribution is 2.37. The lowest BCUT2D eigenvalue weighted by atomic mass is 9.89. The van der Waals surface area contributed by atoms with Crippen LogP contribution in [-0.4, -0.2) is 16.2 Å². The molecule has 4 heteroatoms. The maximum absolute atomic E-state index is 11.0. The van der Waals surface area contributed by atoms with Gasteiger partial charge in [0.25, 0.3) is 0 Å². The van der Waals surface area contributed by atoms with Crippen molar-refractivity contribution in [2.24, 2.45) is 5.92 Å². The number of allylic oxidation sites excluding steroid dienone is 2. The van der Waals surface area contributed by atoms with Gasteiger partial charge in [0.05, 0.1) is 6.10 Å². The first kappa shape index (κ1) is 21.8. The first-order valence-electron chi connectivity index (χ1n) is 10.9. The summed E-state index contributed by atoms with van der Waals surface area (Å²) in [6.07, 6.45) is 11.8. The van der Waals surface area contributed by atoms with Crippen LogP contribution >= 0.6 is 11.3 Å². The van der Waals surface area contributed by atoms with Gasteiger partial charge in [0.15, 0.2) is 0 Å². The van der Waals surface area contributed by atoms with Crippen LogP contribution in [0.4, 0.5) is 0 Å². The zero-order valence-electron chi connectivity index (χ0n) is 17.3. The Morgan fingerprint density at radius 2 is 1.93 bits per heavy atom. The van der Waals surface area contributed by atoms with E-state index in [2.05, 4.69) is 37.3 Å². The molecular weight excluding hydrogens is 380 g/mol. The standard InChI is InChI=1S/C25H32O3S/c1-2-3-4-11-23(26)20-14-12-19(13-15-20)22-10-6-8-18(22)7-5-9-21-16-17-24(29-21)25(27)28/h10,12-18,23,26H,2-9,11H2,1H3,(H,27,28)/t18-,23+/m0/s1. The predicted octanol–water partition coefficient (Wildman–Crippen LogP) is 6.88. The number of unbranched alkanes of at least 4 members (excludes halogenated alkanes) is 2. The third-order valence-corrected chi connectivity index (χ3v) is 7.01. The summed E-state index contributed by atoms with van der Waals surface area (Å²) in [5, 5.41) is 19.4. The number of aliphatic hydroxyl groups excluding tert-OH is 1. The van der Waals surface area contributed by atoms with Crippen molar-refractivity contribution in [2.45, 2.75) is 70.8 Å². The van der Waals surface area contributed by atoms with E-state index >= 15 is 0 Å². The Morgan fingerprint density at radius 1 is 1.14 bits per heavy atom. The molecule has 1 aromatic carbocycles. The summed E-state index contributed by atoms with van der Waals surface area (Å²) in [6, 6.07) is 12.2. The Hall–Kier alpha value is -1.91. The summed E-state index contributed by atoms with van der Waals surface area (Å²) in [7, 11) is 0. The average Bonchev–Trinajstić information content (AvgIpc) is 3.38.